The molecule has 64 valence electrons. The van der Waals surface area contributed by atoms with Gasteiger partial charge < -0.3 is 5.01 Å². The lowest BCUT2D eigenvalue weighted by atomic mass is 10.4. The van der Waals surface area contributed by atoms with Crippen LogP contribution in [0.5, 0.6) is 0 Å². The lowest BCUT2D eigenvalue weighted by Gasteiger charge is -2.28. The Morgan fingerprint density at radius 1 is 1.27 bits per heavy atom. The molecule has 0 radical (unpaired) electrons. The Hall–Kier alpha value is -0.150. The van der Waals surface area contributed by atoms with E-state index in [0.717, 1.165) is 0 Å². The van der Waals surface area contributed by atoms with Crippen LogP contribution in [0.4, 0.5) is 0 Å². The number of allylic oxidation sites excluding steroid dienone is 2. The highest BCUT2D eigenvalue weighted by atomic mass is 32.2. The molecule has 0 atom stereocenters. The van der Waals surface area contributed by atoms with Gasteiger partial charge in [0.1, 0.15) is 0 Å². The molecule has 3 heteroatoms. The first-order chi connectivity index (χ1) is 5.04. The van der Waals surface area contributed by atoms with Crippen molar-refractivity contribution in [1.82, 2.24) is 9.42 Å². The monoisotopic (exact) mass is 172 g/mol. The maximum atomic E-state index is 2.28. The molecule has 0 N–H and O–H groups in total. The third-order valence-corrected chi connectivity index (χ3v) is 3.39. The van der Waals surface area contributed by atoms with Gasteiger partial charge in [0.15, 0.2) is 0 Å². The van der Waals surface area contributed by atoms with Gasteiger partial charge in [-0.15, -0.1) is 0 Å². The number of nitrogens with zero attached hydrogens (tertiary/aromatic N) is 2. The largest absolute Gasteiger partial charge is 0.302 e. The highest BCUT2D eigenvalue weighted by Crippen LogP contribution is 2.36. The minimum atomic E-state index is 0.567. The third kappa shape index (κ3) is 1.54. The standard InChI is InChI=1S/C8H16N2S/c1-6(2)10-9(5)7(3)8(4)11-10/h6H,1-5H3. The van der Waals surface area contributed by atoms with E-state index in [1.54, 1.807) is 0 Å². The van der Waals surface area contributed by atoms with Gasteiger partial charge in [0.25, 0.3) is 0 Å². The van der Waals surface area contributed by atoms with Crippen molar-refractivity contribution in [2.24, 2.45) is 0 Å². The normalized spacial score (nSPS) is 20.7. The summed E-state index contributed by atoms with van der Waals surface area (Å²) in [5.41, 5.74) is 1.36. The van der Waals surface area contributed by atoms with Crippen LogP contribution >= 0.6 is 11.9 Å². The Balaban J connectivity index is 2.70. The highest BCUT2D eigenvalue weighted by Gasteiger charge is 2.24. The molecule has 0 aromatic rings. The van der Waals surface area contributed by atoms with Crippen molar-refractivity contribution in [3.05, 3.63) is 10.6 Å². The van der Waals surface area contributed by atoms with Crippen LogP contribution in [0.1, 0.15) is 27.7 Å². The maximum Gasteiger partial charge on any atom is 0.0377 e. The average Bonchev–Trinajstić information content (AvgIpc) is 2.17. The van der Waals surface area contributed by atoms with E-state index in [0.29, 0.717) is 6.04 Å². The summed E-state index contributed by atoms with van der Waals surface area (Å²) in [4.78, 5) is 1.40. The molecule has 0 fully saturated rings. The van der Waals surface area contributed by atoms with Crippen LogP contribution in [0, 0.1) is 0 Å². The van der Waals surface area contributed by atoms with Crippen molar-refractivity contribution in [2.45, 2.75) is 33.7 Å². The van der Waals surface area contributed by atoms with Crippen LogP contribution in [-0.4, -0.2) is 22.5 Å². The van der Waals surface area contributed by atoms with Crippen LogP contribution in [0.2, 0.25) is 0 Å². The lowest BCUT2D eigenvalue weighted by molar-refractivity contribution is 0.128. The number of rotatable bonds is 1. The molecular weight excluding hydrogens is 156 g/mol. The fourth-order valence-electron chi connectivity index (χ4n) is 1.10. The molecule has 0 saturated carbocycles. The van der Waals surface area contributed by atoms with Gasteiger partial charge in [0, 0.05) is 23.7 Å². The van der Waals surface area contributed by atoms with Crippen molar-refractivity contribution in [3.8, 4) is 0 Å². The van der Waals surface area contributed by atoms with Crippen LogP contribution in [-0.2, 0) is 0 Å². The zero-order valence-corrected chi connectivity index (χ0v) is 8.70. The van der Waals surface area contributed by atoms with E-state index in [-0.39, 0.29) is 0 Å². The fourth-order valence-corrected chi connectivity index (χ4v) is 2.10. The topological polar surface area (TPSA) is 6.48 Å². The van der Waals surface area contributed by atoms with Crippen LogP contribution < -0.4 is 0 Å². The Bertz CT molecular complexity index is 187. The summed E-state index contributed by atoms with van der Waals surface area (Å²) in [7, 11) is 2.11. The molecule has 0 aliphatic carbocycles. The molecule has 0 spiro atoms. The molecule has 1 aliphatic rings. The van der Waals surface area contributed by atoms with Gasteiger partial charge in [-0.3, -0.25) is 0 Å². The molecule has 0 bridgehead atoms. The molecular formula is C8H16N2S. The van der Waals surface area contributed by atoms with E-state index in [1.807, 2.05) is 11.9 Å². The summed E-state index contributed by atoms with van der Waals surface area (Å²) in [5.74, 6) is 0. The zero-order valence-electron chi connectivity index (χ0n) is 7.88. The van der Waals surface area contributed by atoms with Gasteiger partial charge in [0.2, 0.25) is 0 Å². The molecule has 1 heterocycles. The van der Waals surface area contributed by atoms with E-state index in [1.165, 1.54) is 10.6 Å². The molecule has 2 nitrogen and oxygen atoms in total. The molecule has 0 unspecified atom stereocenters. The van der Waals surface area contributed by atoms with Crippen molar-refractivity contribution < 1.29 is 0 Å². The quantitative estimate of drug-likeness (QED) is 0.561. The van der Waals surface area contributed by atoms with E-state index < -0.39 is 0 Å². The van der Waals surface area contributed by atoms with E-state index >= 15 is 0 Å². The predicted octanol–water partition coefficient (Wildman–Crippen LogP) is 2.46. The summed E-state index contributed by atoms with van der Waals surface area (Å²) >= 11 is 1.83. The van der Waals surface area contributed by atoms with Gasteiger partial charge >= 0.3 is 0 Å². The molecule has 11 heavy (non-hydrogen) atoms. The SMILES string of the molecule is CC1=C(C)N(C)N(C(C)C)S1. The van der Waals surface area contributed by atoms with Crippen molar-refractivity contribution in [3.63, 3.8) is 0 Å². The summed E-state index contributed by atoms with van der Waals surface area (Å²) in [6, 6.07) is 0.567. The first-order valence-electron chi connectivity index (χ1n) is 3.92. The summed E-state index contributed by atoms with van der Waals surface area (Å²) in [5, 5.41) is 2.21. The van der Waals surface area contributed by atoms with Gasteiger partial charge in [-0.25, -0.2) is 0 Å². The fraction of sp³-hybridized carbons (Fsp3) is 0.750. The second-order valence-corrected chi connectivity index (χ2v) is 4.32. The molecule has 1 aliphatic heterocycles. The first-order valence-corrected chi connectivity index (χ1v) is 4.69. The Labute approximate surface area is 73.3 Å². The van der Waals surface area contributed by atoms with Gasteiger partial charge in [-0.05, 0) is 39.6 Å². The van der Waals surface area contributed by atoms with Crippen LogP contribution in [0.15, 0.2) is 10.6 Å². The van der Waals surface area contributed by atoms with E-state index in [2.05, 4.69) is 44.2 Å². The summed E-state index contributed by atoms with van der Waals surface area (Å²) in [6.07, 6.45) is 0. The van der Waals surface area contributed by atoms with Gasteiger partial charge in [0.05, 0.1) is 0 Å². The molecule has 0 aromatic heterocycles. The third-order valence-electron chi connectivity index (χ3n) is 1.96. The van der Waals surface area contributed by atoms with Crippen molar-refractivity contribution >= 4 is 11.9 Å². The number of hydrogen-bond donors (Lipinski definition) is 0. The van der Waals surface area contributed by atoms with Gasteiger partial charge in [-0.2, -0.15) is 4.41 Å². The maximum absolute atomic E-state index is 2.28. The number of hydrogen-bond acceptors (Lipinski definition) is 3. The van der Waals surface area contributed by atoms with Crippen LogP contribution in [0.25, 0.3) is 0 Å². The van der Waals surface area contributed by atoms with E-state index in [9.17, 15) is 0 Å². The minimum absolute atomic E-state index is 0.567. The predicted molar refractivity (Wildman–Crippen MR) is 50.7 cm³/mol. The second kappa shape index (κ2) is 3.07. The Morgan fingerprint density at radius 3 is 2.00 bits per heavy atom. The summed E-state index contributed by atoms with van der Waals surface area (Å²) in [6.45, 7) is 8.73. The first kappa shape index (κ1) is 8.94. The highest BCUT2D eigenvalue weighted by molar-refractivity contribution is 8.01. The smallest absolute Gasteiger partial charge is 0.0377 e. The average molecular weight is 172 g/mol. The molecule has 1 rings (SSSR count). The zero-order chi connectivity index (χ0) is 8.59. The van der Waals surface area contributed by atoms with Gasteiger partial charge in [-0.1, -0.05) is 0 Å². The lowest BCUT2D eigenvalue weighted by Crippen LogP contribution is -2.34. The Kier molecular flexibility index (Phi) is 2.50. The Morgan fingerprint density at radius 2 is 1.82 bits per heavy atom. The van der Waals surface area contributed by atoms with E-state index in [4.69, 9.17) is 0 Å². The van der Waals surface area contributed by atoms with Crippen LogP contribution in [0.3, 0.4) is 0 Å². The second-order valence-electron chi connectivity index (χ2n) is 3.15. The molecule has 0 amide bonds. The van der Waals surface area contributed by atoms with Crippen molar-refractivity contribution in [1.29, 1.82) is 0 Å². The van der Waals surface area contributed by atoms with Crippen molar-refractivity contribution in [2.75, 3.05) is 7.05 Å². The summed E-state index contributed by atoms with van der Waals surface area (Å²) < 4.78 is 2.28. The number of hydrazine groups is 1. The molecule has 0 saturated heterocycles. The molecule has 0 aromatic carbocycles. The minimum Gasteiger partial charge on any atom is -0.302 e.